The average Bonchev–Trinajstić information content (AvgIpc) is 3.00. The quantitative estimate of drug-likeness (QED) is 0.186. The van der Waals surface area contributed by atoms with E-state index in [1.54, 1.807) is 18.2 Å². The van der Waals surface area contributed by atoms with Crippen molar-refractivity contribution in [2.75, 3.05) is 24.9 Å². The molecule has 0 aliphatic rings. The Kier molecular flexibility index (Phi) is 8.32. The van der Waals surface area contributed by atoms with E-state index in [0.717, 1.165) is 26.9 Å². The molecule has 40 heavy (non-hydrogen) atoms. The van der Waals surface area contributed by atoms with Crippen LogP contribution in [0.3, 0.4) is 0 Å². The Morgan fingerprint density at radius 3 is 2.00 bits per heavy atom. The predicted molar refractivity (Wildman–Crippen MR) is 162 cm³/mol. The maximum atomic E-state index is 13.6. The maximum absolute atomic E-state index is 13.6. The maximum Gasteiger partial charge on any atom is 0.263 e. The largest absolute Gasteiger partial charge is 0.496 e. The normalized spacial score (nSPS) is 11.4. The Morgan fingerprint density at radius 1 is 0.675 bits per heavy atom. The molecule has 0 saturated carbocycles. The smallest absolute Gasteiger partial charge is 0.263 e. The zero-order valence-corrected chi connectivity index (χ0v) is 22.9. The number of nitrogens with one attached hydrogen (secondary N) is 2. The summed E-state index contributed by atoms with van der Waals surface area (Å²) in [5, 5.41) is 7.61. The van der Waals surface area contributed by atoms with Gasteiger partial charge in [0.1, 0.15) is 22.3 Å². The average molecular weight is 549 g/mol. The van der Waals surface area contributed by atoms with Crippen molar-refractivity contribution in [2.45, 2.75) is 10.1 Å². The molecule has 0 spiro atoms. The van der Waals surface area contributed by atoms with Crippen LogP contribution in [0.15, 0.2) is 120 Å². The summed E-state index contributed by atoms with van der Waals surface area (Å²) in [4.78, 5) is 27.6. The molecule has 0 fully saturated rings. The highest BCUT2D eigenvalue weighted by atomic mass is 32.2. The molecule has 0 aliphatic heterocycles. The number of amides is 2. The van der Waals surface area contributed by atoms with Crippen LogP contribution in [0.1, 0.15) is 21.2 Å². The number of thioether (sulfide) groups is 1. The third-order valence-electron chi connectivity index (χ3n) is 6.41. The molecule has 7 heteroatoms. The van der Waals surface area contributed by atoms with E-state index in [-0.39, 0.29) is 11.8 Å². The van der Waals surface area contributed by atoms with E-state index in [0.29, 0.717) is 22.7 Å². The SMILES string of the molecule is COc1cccc(OC)c1C(=O)Nc1ccc(SC(C(=O)Nc2cccc3ccccc23)c2ccccc2)cc1. The summed E-state index contributed by atoms with van der Waals surface area (Å²) in [6.07, 6.45) is 0. The fraction of sp³-hybridized carbons (Fsp3) is 0.0909. The highest BCUT2D eigenvalue weighted by Crippen LogP contribution is 2.37. The summed E-state index contributed by atoms with van der Waals surface area (Å²) in [6, 6.07) is 36.2. The zero-order valence-electron chi connectivity index (χ0n) is 22.1. The second-order valence-electron chi connectivity index (χ2n) is 8.94. The second-order valence-corrected chi connectivity index (χ2v) is 10.1. The first-order chi connectivity index (χ1) is 19.6. The van der Waals surface area contributed by atoms with Gasteiger partial charge in [0, 0.05) is 21.7 Å². The Morgan fingerprint density at radius 2 is 1.30 bits per heavy atom. The lowest BCUT2D eigenvalue weighted by Crippen LogP contribution is -2.19. The molecule has 0 aliphatic carbocycles. The van der Waals surface area contributed by atoms with Gasteiger partial charge < -0.3 is 20.1 Å². The molecule has 2 N–H and O–H groups in total. The third-order valence-corrected chi connectivity index (χ3v) is 7.68. The lowest BCUT2D eigenvalue weighted by atomic mass is 10.1. The van der Waals surface area contributed by atoms with Crippen molar-refractivity contribution in [1.82, 2.24) is 0 Å². The molecule has 5 aromatic carbocycles. The Bertz CT molecular complexity index is 1610. The van der Waals surface area contributed by atoms with Crippen LogP contribution in [0.2, 0.25) is 0 Å². The number of anilines is 2. The molecule has 1 atom stereocenters. The van der Waals surface area contributed by atoms with Crippen LogP contribution in [0.5, 0.6) is 11.5 Å². The number of benzene rings is 5. The molecule has 1 unspecified atom stereocenters. The van der Waals surface area contributed by atoms with Crippen molar-refractivity contribution in [3.63, 3.8) is 0 Å². The monoisotopic (exact) mass is 548 g/mol. The minimum atomic E-state index is -0.488. The third kappa shape index (κ3) is 5.95. The van der Waals surface area contributed by atoms with Crippen LogP contribution in [0, 0.1) is 0 Å². The summed E-state index contributed by atoms with van der Waals surface area (Å²) in [7, 11) is 3.02. The molecule has 0 bridgehead atoms. The van der Waals surface area contributed by atoms with Gasteiger partial charge in [-0.2, -0.15) is 0 Å². The van der Waals surface area contributed by atoms with E-state index < -0.39 is 5.25 Å². The first-order valence-corrected chi connectivity index (χ1v) is 13.6. The van der Waals surface area contributed by atoms with Crippen molar-refractivity contribution >= 4 is 45.7 Å². The molecule has 2 amide bonds. The van der Waals surface area contributed by atoms with Crippen molar-refractivity contribution < 1.29 is 19.1 Å². The number of hydrogen-bond acceptors (Lipinski definition) is 5. The van der Waals surface area contributed by atoms with Crippen LogP contribution in [0.25, 0.3) is 10.8 Å². The van der Waals surface area contributed by atoms with E-state index >= 15 is 0 Å². The van der Waals surface area contributed by atoms with Gasteiger partial charge in [0.15, 0.2) is 0 Å². The van der Waals surface area contributed by atoms with Gasteiger partial charge in [0.05, 0.1) is 14.2 Å². The molecule has 5 rings (SSSR count). The number of ether oxygens (including phenoxy) is 2. The fourth-order valence-electron chi connectivity index (χ4n) is 4.45. The Balaban J connectivity index is 1.35. The highest BCUT2D eigenvalue weighted by Gasteiger charge is 2.23. The number of fused-ring (bicyclic) bond motifs is 1. The topological polar surface area (TPSA) is 76.7 Å². The second kappa shape index (κ2) is 12.4. The van der Waals surface area contributed by atoms with E-state index in [9.17, 15) is 9.59 Å². The molecular weight excluding hydrogens is 520 g/mol. The van der Waals surface area contributed by atoms with Crippen LogP contribution in [0.4, 0.5) is 11.4 Å². The fourth-order valence-corrected chi connectivity index (χ4v) is 5.48. The van der Waals surface area contributed by atoms with Crippen LogP contribution in [-0.2, 0) is 4.79 Å². The first kappa shape index (κ1) is 26.8. The van der Waals surface area contributed by atoms with Crippen LogP contribution in [-0.4, -0.2) is 26.0 Å². The summed E-state index contributed by atoms with van der Waals surface area (Å²) in [5.41, 5.74) is 2.60. The highest BCUT2D eigenvalue weighted by molar-refractivity contribution is 8.00. The number of hydrogen-bond donors (Lipinski definition) is 2. The Hall–Kier alpha value is -4.75. The summed E-state index contributed by atoms with van der Waals surface area (Å²) < 4.78 is 10.7. The molecule has 5 aromatic rings. The van der Waals surface area contributed by atoms with E-state index in [2.05, 4.69) is 10.6 Å². The summed E-state index contributed by atoms with van der Waals surface area (Å²) in [5.74, 6) is 0.387. The van der Waals surface area contributed by atoms with Gasteiger partial charge in [-0.15, -0.1) is 11.8 Å². The molecular formula is C33H28N2O4S. The van der Waals surface area contributed by atoms with Gasteiger partial charge in [0.25, 0.3) is 5.91 Å². The molecule has 200 valence electrons. The van der Waals surface area contributed by atoms with Gasteiger partial charge in [-0.05, 0) is 53.4 Å². The Labute approximate surface area is 237 Å². The van der Waals surface area contributed by atoms with E-state index in [1.165, 1.54) is 26.0 Å². The number of methoxy groups -OCH3 is 2. The first-order valence-electron chi connectivity index (χ1n) is 12.7. The van der Waals surface area contributed by atoms with E-state index in [4.69, 9.17) is 9.47 Å². The van der Waals surface area contributed by atoms with Gasteiger partial charge >= 0.3 is 0 Å². The number of carbonyl (C=O) groups is 2. The van der Waals surface area contributed by atoms with Crippen molar-refractivity contribution in [1.29, 1.82) is 0 Å². The van der Waals surface area contributed by atoms with E-state index in [1.807, 2.05) is 97.1 Å². The van der Waals surface area contributed by atoms with Gasteiger partial charge in [-0.3, -0.25) is 9.59 Å². The van der Waals surface area contributed by atoms with Crippen molar-refractivity contribution in [3.05, 3.63) is 126 Å². The van der Waals surface area contributed by atoms with Crippen LogP contribution >= 0.6 is 11.8 Å². The molecule has 0 aromatic heterocycles. The lowest BCUT2D eigenvalue weighted by molar-refractivity contribution is -0.115. The lowest BCUT2D eigenvalue weighted by Gasteiger charge is -2.18. The molecule has 0 heterocycles. The molecule has 0 saturated heterocycles. The standard InChI is InChI=1S/C33H28N2O4S/c1-38-28-16-9-17-29(39-2)30(28)32(36)34-24-18-20-25(21-19-24)40-31(23-11-4-3-5-12-23)33(37)35-27-15-8-13-22-10-6-7-14-26(22)27/h3-21,31H,1-2H3,(H,34,36)(H,35,37). The number of carbonyl (C=O) groups excluding carboxylic acids is 2. The summed E-state index contributed by atoms with van der Waals surface area (Å²) >= 11 is 1.45. The minimum absolute atomic E-state index is 0.117. The minimum Gasteiger partial charge on any atom is -0.496 e. The van der Waals surface area contributed by atoms with Crippen LogP contribution < -0.4 is 20.1 Å². The molecule has 0 radical (unpaired) electrons. The summed E-state index contributed by atoms with van der Waals surface area (Å²) in [6.45, 7) is 0. The van der Waals surface area contributed by atoms with Gasteiger partial charge in [-0.25, -0.2) is 0 Å². The zero-order chi connectivity index (χ0) is 27.9. The van der Waals surface area contributed by atoms with Gasteiger partial charge in [0.2, 0.25) is 5.91 Å². The van der Waals surface area contributed by atoms with Gasteiger partial charge in [-0.1, -0.05) is 72.8 Å². The predicted octanol–water partition coefficient (Wildman–Crippen LogP) is 7.58. The van der Waals surface area contributed by atoms with Crippen molar-refractivity contribution in [2.24, 2.45) is 0 Å². The number of rotatable bonds is 9. The molecule has 6 nitrogen and oxygen atoms in total. The van der Waals surface area contributed by atoms with Crippen molar-refractivity contribution in [3.8, 4) is 11.5 Å².